The van der Waals surface area contributed by atoms with E-state index in [1.165, 1.54) is 0 Å². The van der Waals surface area contributed by atoms with Gasteiger partial charge in [0.05, 0.1) is 11.6 Å². The predicted octanol–water partition coefficient (Wildman–Crippen LogP) is 2.48. The van der Waals surface area contributed by atoms with Crippen molar-refractivity contribution in [1.82, 2.24) is 10.3 Å². The van der Waals surface area contributed by atoms with Gasteiger partial charge >= 0.3 is 0 Å². The van der Waals surface area contributed by atoms with Crippen LogP contribution in [0, 0.1) is 0 Å². The molecule has 1 rings (SSSR count). The van der Waals surface area contributed by atoms with Crippen molar-refractivity contribution in [3.05, 3.63) is 35.5 Å². The van der Waals surface area contributed by atoms with Gasteiger partial charge in [-0.25, -0.2) is 4.98 Å². The topological polar surface area (TPSA) is 37.4 Å². The molecule has 0 aliphatic rings. The first-order valence-corrected chi connectivity index (χ1v) is 6.80. The molecule has 0 radical (unpaired) electrons. The molecule has 0 bridgehead atoms. The normalized spacial score (nSPS) is 10.5. The molecule has 0 aromatic carbocycles. The van der Waals surface area contributed by atoms with Gasteiger partial charge in [0.15, 0.2) is 0 Å². The Morgan fingerprint density at radius 1 is 1.58 bits per heavy atom. The average molecular weight is 284 g/mol. The lowest BCUT2D eigenvalue weighted by Gasteiger charge is -2.23. The predicted molar refractivity (Wildman–Crippen MR) is 80.9 cm³/mol. The second kappa shape index (κ2) is 8.91. The van der Waals surface area contributed by atoms with Crippen molar-refractivity contribution < 1.29 is 4.74 Å². The molecular formula is C14H22ClN3O. The Morgan fingerprint density at radius 2 is 2.37 bits per heavy atom. The number of ether oxygens (including phenoxy) is 1. The van der Waals surface area contributed by atoms with E-state index < -0.39 is 0 Å². The maximum Gasteiger partial charge on any atom is 0.147 e. The van der Waals surface area contributed by atoms with Crippen molar-refractivity contribution in [3.8, 4) is 0 Å². The van der Waals surface area contributed by atoms with E-state index in [2.05, 4.69) is 28.7 Å². The monoisotopic (exact) mass is 283 g/mol. The van der Waals surface area contributed by atoms with Crippen molar-refractivity contribution in [2.75, 3.05) is 38.3 Å². The highest BCUT2D eigenvalue weighted by molar-refractivity contribution is 6.33. The van der Waals surface area contributed by atoms with Gasteiger partial charge in [0.1, 0.15) is 5.82 Å². The van der Waals surface area contributed by atoms with Crippen LogP contribution in [-0.2, 0) is 11.3 Å². The van der Waals surface area contributed by atoms with Crippen LogP contribution < -0.4 is 10.2 Å². The number of hydrogen-bond acceptors (Lipinski definition) is 4. The number of aromatic nitrogens is 1. The Morgan fingerprint density at radius 3 is 2.95 bits per heavy atom. The minimum atomic E-state index is 0.630. The molecule has 1 aromatic heterocycles. The fourth-order valence-electron chi connectivity index (χ4n) is 1.71. The van der Waals surface area contributed by atoms with E-state index in [-0.39, 0.29) is 0 Å². The minimum Gasteiger partial charge on any atom is -0.383 e. The standard InChI is InChI=1S/C14H22ClN3O/c1-4-6-18(7-8-19-3)14-13(15)9-12(11-17-14)10-16-5-2/h4,9,11,16H,1,5-8,10H2,2-3H3. The van der Waals surface area contributed by atoms with Crippen LogP contribution in [0.4, 0.5) is 5.82 Å². The van der Waals surface area contributed by atoms with Crippen LogP contribution in [-0.4, -0.2) is 38.3 Å². The highest BCUT2D eigenvalue weighted by atomic mass is 35.5. The smallest absolute Gasteiger partial charge is 0.147 e. The van der Waals surface area contributed by atoms with Crippen LogP contribution in [0.3, 0.4) is 0 Å². The SMILES string of the molecule is C=CCN(CCOC)c1ncc(CNCC)cc1Cl. The van der Waals surface area contributed by atoms with Crippen LogP contribution in [0.15, 0.2) is 24.9 Å². The lowest BCUT2D eigenvalue weighted by molar-refractivity contribution is 0.205. The van der Waals surface area contributed by atoms with Gasteiger partial charge in [-0.15, -0.1) is 6.58 Å². The molecule has 19 heavy (non-hydrogen) atoms. The number of pyridine rings is 1. The molecule has 1 aromatic rings. The second-order valence-corrected chi connectivity index (χ2v) is 4.56. The fourth-order valence-corrected chi connectivity index (χ4v) is 2.02. The number of rotatable bonds is 9. The number of nitrogens with one attached hydrogen (secondary N) is 1. The Labute approximate surface area is 120 Å². The molecule has 0 atom stereocenters. The zero-order chi connectivity index (χ0) is 14.1. The molecule has 0 saturated heterocycles. The molecule has 0 spiro atoms. The van der Waals surface area contributed by atoms with Crippen LogP contribution in [0.25, 0.3) is 0 Å². The highest BCUT2D eigenvalue weighted by Crippen LogP contribution is 2.24. The molecule has 106 valence electrons. The van der Waals surface area contributed by atoms with Gasteiger partial charge in [0.2, 0.25) is 0 Å². The van der Waals surface area contributed by atoms with Crippen molar-refractivity contribution in [2.45, 2.75) is 13.5 Å². The second-order valence-electron chi connectivity index (χ2n) is 4.16. The first kappa shape index (κ1) is 16.0. The molecule has 0 amide bonds. The molecule has 4 nitrogen and oxygen atoms in total. The molecule has 0 aliphatic heterocycles. The molecule has 0 saturated carbocycles. The number of halogens is 1. The summed E-state index contributed by atoms with van der Waals surface area (Å²) in [6, 6.07) is 1.95. The van der Waals surface area contributed by atoms with Gasteiger partial charge in [-0.2, -0.15) is 0 Å². The maximum absolute atomic E-state index is 6.31. The van der Waals surface area contributed by atoms with Gasteiger partial charge in [-0.05, 0) is 18.2 Å². The summed E-state index contributed by atoms with van der Waals surface area (Å²) in [6.07, 6.45) is 3.69. The van der Waals surface area contributed by atoms with Crippen molar-refractivity contribution >= 4 is 17.4 Å². The third kappa shape index (κ3) is 5.19. The van der Waals surface area contributed by atoms with E-state index in [1.807, 2.05) is 18.3 Å². The summed E-state index contributed by atoms with van der Waals surface area (Å²) in [4.78, 5) is 6.51. The van der Waals surface area contributed by atoms with E-state index in [0.29, 0.717) is 18.2 Å². The van der Waals surface area contributed by atoms with E-state index in [4.69, 9.17) is 16.3 Å². The van der Waals surface area contributed by atoms with Gasteiger partial charge in [0, 0.05) is 32.9 Å². The lowest BCUT2D eigenvalue weighted by Crippen LogP contribution is -2.28. The van der Waals surface area contributed by atoms with Crippen LogP contribution >= 0.6 is 11.6 Å². The summed E-state index contributed by atoms with van der Waals surface area (Å²) in [5, 5.41) is 3.91. The third-order valence-electron chi connectivity index (χ3n) is 2.67. The number of methoxy groups -OCH3 is 1. The summed E-state index contributed by atoms with van der Waals surface area (Å²) in [6.45, 7) is 9.60. The fraction of sp³-hybridized carbons (Fsp3) is 0.500. The van der Waals surface area contributed by atoms with E-state index in [0.717, 1.165) is 31.0 Å². The van der Waals surface area contributed by atoms with Gasteiger partial charge < -0.3 is 15.0 Å². The first-order chi connectivity index (χ1) is 9.22. The van der Waals surface area contributed by atoms with E-state index in [9.17, 15) is 0 Å². The number of nitrogens with zero attached hydrogens (tertiary/aromatic N) is 2. The highest BCUT2D eigenvalue weighted by Gasteiger charge is 2.11. The average Bonchev–Trinajstić information content (AvgIpc) is 2.41. The minimum absolute atomic E-state index is 0.630. The van der Waals surface area contributed by atoms with E-state index >= 15 is 0 Å². The number of hydrogen-bond donors (Lipinski definition) is 1. The molecule has 0 aliphatic carbocycles. The lowest BCUT2D eigenvalue weighted by atomic mass is 10.2. The molecule has 1 heterocycles. The maximum atomic E-state index is 6.31. The first-order valence-electron chi connectivity index (χ1n) is 6.42. The Balaban J connectivity index is 2.81. The third-order valence-corrected chi connectivity index (χ3v) is 2.95. The zero-order valence-corrected chi connectivity index (χ0v) is 12.4. The molecule has 1 N–H and O–H groups in total. The summed E-state index contributed by atoms with van der Waals surface area (Å²) < 4.78 is 5.10. The number of anilines is 1. The van der Waals surface area contributed by atoms with E-state index in [1.54, 1.807) is 7.11 Å². The van der Waals surface area contributed by atoms with Crippen LogP contribution in [0.5, 0.6) is 0 Å². The van der Waals surface area contributed by atoms with Crippen LogP contribution in [0.2, 0.25) is 5.02 Å². The van der Waals surface area contributed by atoms with Crippen LogP contribution in [0.1, 0.15) is 12.5 Å². The van der Waals surface area contributed by atoms with Gasteiger partial charge in [-0.1, -0.05) is 24.6 Å². The van der Waals surface area contributed by atoms with Gasteiger partial charge in [-0.3, -0.25) is 0 Å². The zero-order valence-electron chi connectivity index (χ0n) is 11.7. The Hall–Kier alpha value is -1.10. The molecule has 5 heteroatoms. The quantitative estimate of drug-likeness (QED) is 0.707. The Kier molecular flexibility index (Phi) is 7.48. The molecule has 0 fully saturated rings. The molecular weight excluding hydrogens is 262 g/mol. The van der Waals surface area contributed by atoms with Crippen molar-refractivity contribution in [1.29, 1.82) is 0 Å². The Bertz CT molecular complexity index is 398. The summed E-state index contributed by atoms with van der Waals surface area (Å²) in [5.74, 6) is 0.777. The van der Waals surface area contributed by atoms with Crippen molar-refractivity contribution in [2.24, 2.45) is 0 Å². The summed E-state index contributed by atoms with van der Waals surface area (Å²) in [7, 11) is 1.68. The summed E-state index contributed by atoms with van der Waals surface area (Å²) >= 11 is 6.31. The largest absolute Gasteiger partial charge is 0.383 e. The molecule has 0 unspecified atom stereocenters. The van der Waals surface area contributed by atoms with Gasteiger partial charge in [0.25, 0.3) is 0 Å². The van der Waals surface area contributed by atoms with Crippen molar-refractivity contribution in [3.63, 3.8) is 0 Å². The summed E-state index contributed by atoms with van der Waals surface area (Å²) in [5.41, 5.74) is 1.08.